The maximum absolute atomic E-state index is 12.6. The van der Waals surface area contributed by atoms with Crippen LogP contribution in [0.4, 0.5) is 5.69 Å². The molecule has 3 rings (SSSR count). The molecule has 0 aromatic heterocycles. The van der Waals surface area contributed by atoms with Crippen molar-refractivity contribution in [3.8, 4) is 0 Å². The van der Waals surface area contributed by atoms with Gasteiger partial charge >= 0.3 is 0 Å². The number of likely N-dealkylation sites (tertiary alicyclic amines) is 1. The third kappa shape index (κ3) is 4.75. The fourth-order valence-corrected chi connectivity index (χ4v) is 3.72. The molecule has 1 heterocycles. The first-order valence-corrected chi connectivity index (χ1v) is 9.31. The second-order valence-corrected chi connectivity index (χ2v) is 7.46. The van der Waals surface area contributed by atoms with Crippen LogP contribution < -0.4 is 5.32 Å². The Morgan fingerprint density at radius 1 is 1.24 bits per heavy atom. The molecule has 132 valence electrons. The van der Waals surface area contributed by atoms with Crippen LogP contribution in [0.2, 0.25) is 10.0 Å². The number of nitrogens with one attached hydrogen (secondary N) is 1. The Hall–Kier alpha value is -1.55. The maximum Gasteiger partial charge on any atom is 0.228 e. The molecule has 25 heavy (non-hydrogen) atoms. The number of hydrogen-bond acceptors (Lipinski definition) is 2. The quantitative estimate of drug-likeness (QED) is 0.799. The van der Waals surface area contributed by atoms with Crippen LogP contribution >= 0.6 is 23.2 Å². The van der Waals surface area contributed by atoms with Gasteiger partial charge in [-0.25, -0.2) is 0 Å². The zero-order valence-electron chi connectivity index (χ0n) is 14.3. The van der Waals surface area contributed by atoms with E-state index in [1.165, 1.54) is 11.1 Å². The van der Waals surface area contributed by atoms with Gasteiger partial charge in [-0.2, -0.15) is 0 Å². The van der Waals surface area contributed by atoms with Gasteiger partial charge < -0.3 is 5.32 Å². The van der Waals surface area contributed by atoms with Gasteiger partial charge in [0.1, 0.15) is 0 Å². The lowest BCUT2D eigenvalue weighted by atomic mass is 9.96. The number of amides is 1. The average molecular weight is 377 g/mol. The highest BCUT2D eigenvalue weighted by Gasteiger charge is 2.26. The minimum absolute atomic E-state index is 0.0236. The molecule has 1 amide bonds. The molecule has 2 aromatic rings. The average Bonchev–Trinajstić information content (AvgIpc) is 2.60. The first-order valence-electron chi connectivity index (χ1n) is 8.55. The van der Waals surface area contributed by atoms with E-state index in [0.717, 1.165) is 32.5 Å². The minimum atomic E-state index is -0.0236. The first kappa shape index (κ1) is 18.2. The van der Waals surface area contributed by atoms with Crippen molar-refractivity contribution in [2.45, 2.75) is 26.3 Å². The predicted molar refractivity (Wildman–Crippen MR) is 104 cm³/mol. The van der Waals surface area contributed by atoms with Gasteiger partial charge in [0.15, 0.2) is 0 Å². The van der Waals surface area contributed by atoms with Crippen LogP contribution in [0.15, 0.2) is 42.5 Å². The minimum Gasteiger partial charge on any atom is -0.324 e. The molecule has 0 bridgehead atoms. The number of piperidine rings is 1. The van der Waals surface area contributed by atoms with E-state index in [9.17, 15) is 4.79 Å². The zero-order chi connectivity index (χ0) is 17.8. The Morgan fingerprint density at radius 2 is 2.04 bits per heavy atom. The molecule has 1 aliphatic rings. The number of nitrogens with zero attached hydrogens (tertiary/aromatic N) is 1. The molecule has 0 aliphatic carbocycles. The number of anilines is 1. The summed E-state index contributed by atoms with van der Waals surface area (Å²) >= 11 is 12.1. The van der Waals surface area contributed by atoms with Crippen molar-refractivity contribution < 1.29 is 4.79 Å². The van der Waals surface area contributed by atoms with Crippen molar-refractivity contribution >= 4 is 34.8 Å². The van der Waals surface area contributed by atoms with Gasteiger partial charge in [-0.05, 0) is 55.6 Å². The van der Waals surface area contributed by atoms with Crippen LogP contribution in [0.25, 0.3) is 0 Å². The summed E-state index contributed by atoms with van der Waals surface area (Å²) in [4.78, 5) is 15.0. The standard InChI is InChI=1S/C20H22Cl2N2O/c1-14-5-2-3-6-15(14)12-24-10-4-7-16(13-24)20(25)23-19-9-8-17(21)11-18(19)22/h2-3,5-6,8-9,11,16H,4,7,10,12-13H2,1H3,(H,23,25). The van der Waals surface area contributed by atoms with E-state index in [1.54, 1.807) is 18.2 Å². The van der Waals surface area contributed by atoms with Gasteiger partial charge in [-0.15, -0.1) is 0 Å². The number of benzene rings is 2. The molecule has 0 spiro atoms. The molecule has 3 nitrogen and oxygen atoms in total. The van der Waals surface area contributed by atoms with Crippen molar-refractivity contribution in [2.75, 3.05) is 18.4 Å². The number of carbonyl (C=O) groups excluding carboxylic acids is 1. The third-order valence-corrected chi connectivity index (χ3v) is 5.27. The normalized spacial score (nSPS) is 18.1. The van der Waals surface area contributed by atoms with Gasteiger partial charge in [-0.1, -0.05) is 47.5 Å². The summed E-state index contributed by atoms with van der Waals surface area (Å²) in [6, 6.07) is 13.5. The molecule has 1 N–H and O–H groups in total. The predicted octanol–water partition coefficient (Wildman–Crippen LogP) is 5.15. The number of aryl methyl sites for hydroxylation is 1. The largest absolute Gasteiger partial charge is 0.324 e. The molecule has 1 atom stereocenters. The van der Waals surface area contributed by atoms with Crippen molar-refractivity contribution in [3.63, 3.8) is 0 Å². The molecule has 1 saturated heterocycles. The second-order valence-electron chi connectivity index (χ2n) is 6.61. The van der Waals surface area contributed by atoms with E-state index in [0.29, 0.717) is 15.7 Å². The fraction of sp³-hybridized carbons (Fsp3) is 0.350. The number of halogens is 2. The van der Waals surface area contributed by atoms with Crippen LogP contribution in [0, 0.1) is 12.8 Å². The number of hydrogen-bond donors (Lipinski definition) is 1. The van der Waals surface area contributed by atoms with Crippen LogP contribution in [-0.2, 0) is 11.3 Å². The van der Waals surface area contributed by atoms with Crippen molar-refractivity contribution in [1.29, 1.82) is 0 Å². The van der Waals surface area contributed by atoms with Crippen LogP contribution in [-0.4, -0.2) is 23.9 Å². The van der Waals surface area contributed by atoms with E-state index in [1.807, 2.05) is 0 Å². The van der Waals surface area contributed by atoms with E-state index < -0.39 is 0 Å². The summed E-state index contributed by atoms with van der Waals surface area (Å²) < 4.78 is 0. The summed E-state index contributed by atoms with van der Waals surface area (Å²) in [6.07, 6.45) is 1.93. The van der Waals surface area contributed by atoms with E-state index in [-0.39, 0.29) is 11.8 Å². The van der Waals surface area contributed by atoms with Gasteiger partial charge in [0, 0.05) is 18.1 Å². The summed E-state index contributed by atoms with van der Waals surface area (Å²) in [6.45, 7) is 4.81. The second kappa shape index (κ2) is 8.22. The van der Waals surface area contributed by atoms with Crippen molar-refractivity contribution in [1.82, 2.24) is 4.90 Å². The Labute approximate surface area is 158 Å². The lowest BCUT2D eigenvalue weighted by Gasteiger charge is -2.32. The fourth-order valence-electron chi connectivity index (χ4n) is 3.27. The van der Waals surface area contributed by atoms with Crippen LogP contribution in [0.1, 0.15) is 24.0 Å². The molecular weight excluding hydrogens is 355 g/mol. The Balaban J connectivity index is 1.62. The number of rotatable bonds is 4. The van der Waals surface area contributed by atoms with E-state index >= 15 is 0 Å². The maximum atomic E-state index is 12.6. The Bertz CT molecular complexity index is 763. The number of carbonyl (C=O) groups is 1. The highest BCUT2D eigenvalue weighted by Crippen LogP contribution is 2.27. The summed E-state index contributed by atoms with van der Waals surface area (Å²) in [5, 5.41) is 3.97. The Kier molecular flexibility index (Phi) is 6.00. The lowest BCUT2D eigenvalue weighted by Crippen LogP contribution is -2.40. The van der Waals surface area contributed by atoms with Crippen molar-refractivity contribution in [3.05, 3.63) is 63.6 Å². The molecule has 1 aliphatic heterocycles. The monoisotopic (exact) mass is 376 g/mol. The molecule has 5 heteroatoms. The van der Waals surface area contributed by atoms with Crippen LogP contribution in [0.3, 0.4) is 0 Å². The highest BCUT2D eigenvalue weighted by atomic mass is 35.5. The summed E-state index contributed by atoms with van der Waals surface area (Å²) in [5.74, 6) is 0.00298. The molecule has 1 unspecified atom stereocenters. The SMILES string of the molecule is Cc1ccccc1CN1CCCC(C(=O)Nc2ccc(Cl)cc2Cl)C1. The van der Waals surface area contributed by atoms with Crippen LogP contribution in [0.5, 0.6) is 0 Å². The van der Waals surface area contributed by atoms with Gasteiger partial charge in [-0.3, -0.25) is 9.69 Å². The first-order chi connectivity index (χ1) is 12.0. The molecule has 0 radical (unpaired) electrons. The summed E-state index contributed by atoms with van der Waals surface area (Å²) in [5.41, 5.74) is 3.23. The molecule has 0 saturated carbocycles. The molecular formula is C20H22Cl2N2O. The highest BCUT2D eigenvalue weighted by molar-refractivity contribution is 6.36. The lowest BCUT2D eigenvalue weighted by molar-refractivity contribution is -0.121. The third-order valence-electron chi connectivity index (χ3n) is 4.72. The molecule has 1 fully saturated rings. The molecule has 2 aromatic carbocycles. The van der Waals surface area contributed by atoms with E-state index in [2.05, 4.69) is 41.4 Å². The topological polar surface area (TPSA) is 32.3 Å². The van der Waals surface area contributed by atoms with E-state index in [4.69, 9.17) is 23.2 Å². The van der Waals surface area contributed by atoms with Crippen molar-refractivity contribution in [2.24, 2.45) is 5.92 Å². The van der Waals surface area contributed by atoms with Gasteiger partial charge in [0.25, 0.3) is 0 Å². The Morgan fingerprint density at radius 3 is 2.80 bits per heavy atom. The zero-order valence-corrected chi connectivity index (χ0v) is 15.8. The van der Waals surface area contributed by atoms with Gasteiger partial charge in [0.2, 0.25) is 5.91 Å². The smallest absolute Gasteiger partial charge is 0.228 e. The van der Waals surface area contributed by atoms with Gasteiger partial charge in [0.05, 0.1) is 16.6 Å². The summed E-state index contributed by atoms with van der Waals surface area (Å²) in [7, 11) is 0.